The summed E-state index contributed by atoms with van der Waals surface area (Å²) in [6.07, 6.45) is 6.86. The number of carboxylic acid groups (broad SMARTS) is 1. The van der Waals surface area contributed by atoms with Crippen molar-refractivity contribution in [3.63, 3.8) is 0 Å². The molecule has 1 aromatic carbocycles. The predicted octanol–water partition coefficient (Wildman–Crippen LogP) is 3.50. The molecule has 2 aliphatic rings. The van der Waals surface area contributed by atoms with Gasteiger partial charge in [0.15, 0.2) is 0 Å². The summed E-state index contributed by atoms with van der Waals surface area (Å²) < 4.78 is 0. The third-order valence-corrected chi connectivity index (χ3v) is 5.90. The first-order chi connectivity index (χ1) is 11.6. The van der Waals surface area contributed by atoms with E-state index in [0.29, 0.717) is 32.4 Å². The third kappa shape index (κ3) is 3.63. The van der Waals surface area contributed by atoms with E-state index in [1.807, 2.05) is 23.1 Å². The fourth-order valence-electron chi connectivity index (χ4n) is 3.91. The maximum Gasteiger partial charge on any atom is 0.309 e. The quantitative estimate of drug-likeness (QED) is 0.869. The summed E-state index contributed by atoms with van der Waals surface area (Å²) in [6, 6.07) is 10.2. The maximum absolute atomic E-state index is 12.3. The van der Waals surface area contributed by atoms with Crippen LogP contribution in [-0.2, 0) is 16.0 Å². The van der Waals surface area contributed by atoms with Crippen molar-refractivity contribution in [3.8, 4) is 0 Å². The Kier molecular flexibility index (Phi) is 5.22. The van der Waals surface area contributed by atoms with Gasteiger partial charge < -0.3 is 10.0 Å². The van der Waals surface area contributed by atoms with Gasteiger partial charge in [-0.15, -0.1) is 0 Å². The van der Waals surface area contributed by atoms with Crippen molar-refractivity contribution in [1.29, 1.82) is 0 Å². The highest BCUT2D eigenvalue weighted by atomic mass is 16.4. The number of rotatable bonds is 6. The van der Waals surface area contributed by atoms with Crippen LogP contribution in [0.5, 0.6) is 0 Å². The smallest absolute Gasteiger partial charge is 0.309 e. The highest BCUT2D eigenvalue weighted by Gasteiger charge is 2.43. The van der Waals surface area contributed by atoms with Gasteiger partial charge in [0.25, 0.3) is 0 Å². The van der Waals surface area contributed by atoms with E-state index in [2.05, 4.69) is 12.1 Å². The fraction of sp³-hybridized carbons (Fsp3) is 0.600. The lowest BCUT2D eigenvalue weighted by atomic mass is 9.73. The van der Waals surface area contributed by atoms with Crippen LogP contribution in [0, 0.1) is 11.3 Å². The third-order valence-electron chi connectivity index (χ3n) is 5.90. The van der Waals surface area contributed by atoms with Crippen LogP contribution in [0.1, 0.15) is 50.5 Å². The number of nitrogens with zero attached hydrogens (tertiary/aromatic N) is 1. The summed E-state index contributed by atoms with van der Waals surface area (Å²) in [7, 11) is 0. The highest BCUT2D eigenvalue weighted by molar-refractivity contribution is 5.80. The van der Waals surface area contributed by atoms with Crippen LogP contribution in [0.2, 0.25) is 0 Å². The molecule has 130 valence electrons. The molecule has 1 aliphatic carbocycles. The van der Waals surface area contributed by atoms with Gasteiger partial charge in [-0.2, -0.15) is 0 Å². The minimum Gasteiger partial charge on any atom is -0.481 e. The lowest BCUT2D eigenvalue weighted by molar-refractivity contribution is -0.156. The number of benzene rings is 1. The van der Waals surface area contributed by atoms with Gasteiger partial charge in [0.1, 0.15) is 0 Å². The number of likely N-dealkylation sites (tertiary alicyclic amines) is 1. The zero-order valence-corrected chi connectivity index (χ0v) is 14.2. The molecule has 1 aromatic rings. The second-order valence-electron chi connectivity index (χ2n) is 7.38. The number of hydrogen-bond acceptors (Lipinski definition) is 2. The Morgan fingerprint density at radius 2 is 1.79 bits per heavy atom. The van der Waals surface area contributed by atoms with E-state index in [4.69, 9.17) is 0 Å². The summed E-state index contributed by atoms with van der Waals surface area (Å²) in [5.74, 6) is -0.226. The number of piperidine rings is 1. The number of aryl methyl sites for hydroxylation is 1. The van der Waals surface area contributed by atoms with Gasteiger partial charge >= 0.3 is 5.97 Å². The number of hydrogen-bond donors (Lipinski definition) is 1. The normalized spacial score (nSPS) is 20.4. The van der Waals surface area contributed by atoms with Crippen molar-refractivity contribution >= 4 is 11.9 Å². The number of aliphatic carboxylic acids is 1. The molecule has 0 unspecified atom stereocenters. The molecule has 0 aromatic heterocycles. The number of amides is 1. The minimum atomic E-state index is -0.689. The Bertz CT molecular complexity index is 572. The zero-order valence-electron chi connectivity index (χ0n) is 14.2. The number of carbonyl (C=O) groups excluding carboxylic acids is 1. The molecule has 1 aliphatic heterocycles. The Morgan fingerprint density at radius 3 is 2.33 bits per heavy atom. The van der Waals surface area contributed by atoms with E-state index >= 15 is 0 Å². The fourth-order valence-corrected chi connectivity index (χ4v) is 3.91. The summed E-state index contributed by atoms with van der Waals surface area (Å²) in [4.78, 5) is 26.1. The first kappa shape index (κ1) is 17.0. The SMILES string of the molecule is O=C(C1CCC1)N1CCC(CCCc2ccccc2)(C(=O)O)CC1. The molecule has 0 radical (unpaired) electrons. The maximum atomic E-state index is 12.3. The Balaban J connectivity index is 1.53. The molecule has 1 N–H and O–H groups in total. The van der Waals surface area contributed by atoms with Crippen molar-refractivity contribution in [2.75, 3.05) is 13.1 Å². The molecule has 0 spiro atoms. The number of carboxylic acids is 1. The second-order valence-corrected chi connectivity index (χ2v) is 7.38. The van der Waals surface area contributed by atoms with Crippen LogP contribution in [0.4, 0.5) is 0 Å². The van der Waals surface area contributed by atoms with Gasteiger partial charge in [-0.3, -0.25) is 9.59 Å². The number of carbonyl (C=O) groups is 2. The van der Waals surface area contributed by atoms with E-state index in [9.17, 15) is 14.7 Å². The van der Waals surface area contributed by atoms with E-state index in [0.717, 1.165) is 32.1 Å². The van der Waals surface area contributed by atoms with E-state index < -0.39 is 11.4 Å². The molecule has 24 heavy (non-hydrogen) atoms. The standard InChI is InChI=1S/C20H27NO3/c22-18(17-9-4-10-17)21-14-12-20(13-15-21,19(23)24)11-5-8-16-6-2-1-3-7-16/h1-3,6-7,17H,4-5,8-15H2,(H,23,24). The molecule has 0 atom stereocenters. The van der Waals surface area contributed by atoms with Crippen LogP contribution in [0.15, 0.2) is 30.3 Å². The van der Waals surface area contributed by atoms with Crippen LogP contribution in [0.3, 0.4) is 0 Å². The molecule has 2 fully saturated rings. The Labute approximate surface area is 143 Å². The van der Waals surface area contributed by atoms with Crippen molar-refractivity contribution in [2.45, 2.75) is 51.4 Å². The van der Waals surface area contributed by atoms with Crippen molar-refractivity contribution in [1.82, 2.24) is 4.90 Å². The molecule has 1 saturated carbocycles. The second kappa shape index (κ2) is 7.37. The molecule has 3 rings (SSSR count). The van der Waals surface area contributed by atoms with E-state index in [1.54, 1.807) is 0 Å². The average Bonchev–Trinajstić information content (AvgIpc) is 2.54. The molecule has 4 nitrogen and oxygen atoms in total. The molecular formula is C20H27NO3. The van der Waals surface area contributed by atoms with Gasteiger partial charge in [-0.05, 0) is 50.5 Å². The topological polar surface area (TPSA) is 57.6 Å². The van der Waals surface area contributed by atoms with Crippen molar-refractivity contribution in [2.24, 2.45) is 11.3 Å². The largest absolute Gasteiger partial charge is 0.481 e. The Morgan fingerprint density at radius 1 is 1.12 bits per heavy atom. The van der Waals surface area contributed by atoms with Gasteiger partial charge in [-0.1, -0.05) is 36.8 Å². The first-order valence-corrected chi connectivity index (χ1v) is 9.17. The molecular weight excluding hydrogens is 302 g/mol. The van der Waals surface area contributed by atoms with Crippen molar-refractivity contribution < 1.29 is 14.7 Å². The van der Waals surface area contributed by atoms with Gasteiger partial charge in [-0.25, -0.2) is 0 Å². The summed E-state index contributed by atoms with van der Waals surface area (Å²) in [5, 5.41) is 9.77. The van der Waals surface area contributed by atoms with Gasteiger partial charge in [0, 0.05) is 19.0 Å². The molecule has 1 heterocycles. The van der Waals surface area contributed by atoms with Crippen LogP contribution in [-0.4, -0.2) is 35.0 Å². The van der Waals surface area contributed by atoms with Crippen LogP contribution in [0.25, 0.3) is 0 Å². The summed E-state index contributed by atoms with van der Waals surface area (Å²) in [6.45, 7) is 1.21. The summed E-state index contributed by atoms with van der Waals surface area (Å²) in [5.41, 5.74) is 0.612. The van der Waals surface area contributed by atoms with Crippen LogP contribution < -0.4 is 0 Å². The highest BCUT2D eigenvalue weighted by Crippen LogP contribution is 2.38. The van der Waals surface area contributed by atoms with E-state index in [1.165, 1.54) is 5.56 Å². The lowest BCUT2D eigenvalue weighted by Crippen LogP contribution is -2.49. The predicted molar refractivity (Wildman–Crippen MR) is 92.6 cm³/mol. The van der Waals surface area contributed by atoms with Gasteiger partial charge in [0.2, 0.25) is 5.91 Å². The molecule has 0 bridgehead atoms. The minimum absolute atomic E-state index is 0.209. The summed E-state index contributed by atoms with van der Waals surface area (Å²) >= 11 is 0. The molecule has 4 heteroatoms. The van der Waals surface area contributed by atoms with Crippen LogP contribution >= 0.6 is 0 Å². The van der Waals surface area contributed by atoms with Crippen molar-refractivity contribution in [3.05, 3.63) is 35.9 Å². The molecule has 1 amide bonds. The Hall–Kier alpha value is -1.84. The molecule has 1 saturated heterocycles. The monoisotopic (exact) mass is 329 g/mol. The zero-order chi connectivity index (χ0) is 17.0. The van der Waals surface area contributed by atoms with E-state index in [-0.39, 0.29) is 11.8 Å². The first-order valence-electron chi connectivity index (χ1n) is 9.17. The lowest BCUT2D eigenvalue weighted by Gasteiger charge is -2.41. The van der Waals surface area contributed by atoms with Gasteiger partial charge in [0.05, 0.1) is 5.41 Å². The average molecular weight is 329 g/mol.